The van der Waals surface area contributed by atoms with Crippen molar-refractivity contribution in [2.24, 2.45) is 0 Å². The molecule has 1 aliphatic heterocycles. The summed E-state index contributed by atoms with van der Waals surface area (Å²) in [6, 6.07) is 2.09. The van der Waals surface area contributed by atoms with E-state index in [4.69, 9.17) is 5.26 Å². The fourth-order valence-corrected chi connectivity index (χ4v) is 1.97. The second-order valence-electron chi connectivity index (χ2n) is 3.11. The summed E-state index contributed by atoms with van der Waals surface area (Å²) in [5, 5.41) is 9.67. The van der Waals surface area contributed by atoms with E-state index in [0.717, 1.165) is 31.2 Å². The second-order valence-corrected chi connectivity index (χ2v) is 3.93. The molecule has 1 saturated heterocycles. The maximum Gasteiger partial charge on any atom is 0.0939 e. The molecule has 0 spiro atoms. The Kier molecular flexibility index (Phi) is 4.13. The van der Waals surface area contributed by atoms with E-state index in [9.17, 15) is 0 Å². The van der Waals surface area contributed by atoms with Gasteiger partial charge in [-0.3, -0.25) is 0 Å². The van der Waals surface area contributed by atoms with Gasteiger partial charge in [-0.2, -0.15) is 5.26 Å². The summed E-state index contributed by atoms with van der Waals surface area (Å²) in [7, 11) is 2.13. The molecule has 0 bridgehead atoms. The molecule has 72 valence electrons. The third kappa shape index (κ3) is 2.94. The lowest BCUT2D eigenvalue weighted by atomic mass is 10.3. The Labute approximate surface area is 84.0 Å². The molecule has 0 aromatic rings. The van der Waals surface area contributed by atoms with Gasteiger partial charge in [0.25, 0.3) is 0 Å². The van der Waals surface area contributed by atoms with Crippen molar-refractivity contribution in [2.75, 3.05) is 39.5 Å². The highest BCUT2D eigenvalue weighted by molar-refractivity contribution is 8.02. The highest BCUT2D eigenvalue weighted by Crippen LogP contribution is 2.18. The number of likely N-dealkylation sites (N-methyl/N-ethyl adjacent to an activating group) is 1. The molecule has 0 N–H and O–H groups in total. The van der Waals surface area contributed by atoms with E-state index >= 15 is 0 Å². The molecular weight excluding hydrogens is 182 g/mol. The summed E-state index contributed by atoms with van der Waals surface area (Å²) < 4.78 is 0. The smallest absolute Gasteiger partial charge is 0.0939 e. The van der Waals surface area contributed by atoms with Crippen LogP contribution in [0, 0.1) is 11.3 Å². The van der Waals surface area contributed by atoms with Gasteiger partial charge in [0.05, 0.1) is 11.1 Å². The predicted molar refractivity (Wildman–Crippen MR) is 56.3 cm³/mol. The van der Waals surface area contributed by atoms with E-state index in [2.05, 4.69) is 22.9 Å². The molecule has 4 heteroatoms. The lowest BCUT2D eigenvalue weighted by Gasteiger charge is -2.34. The summed E-state index contributed by atoms with van der Waals surface area (Å²) in [6.07, 6.45) is 3.65. The molecule has 0 aromatic heterocycles. The lowest BCUT2D eigenvalue weighted by molar-refractivity contribution is 0.195. The lowest BCUT2D eigenvalue weighted by Crippen LogP contribution is -2.43. The van der Waals surface area contributed by atoms with Gasteiger partial charge in [0.15, 0.2) is 0 Å². The zero-order valence-corrected chi connectivity index (χ0v) is 8.97. The topological polar surface area (TPSA) is 30.3 Å². The van der Waals surface area contributed by atoms with E-state index in [1.165, 1.54) is 0 Å². The highest BCUT2D eigenvalue weighted by Gasteiger charge is 2.15. The molecule has 0 radical (unpaired) electrons. The maximum absolute atomic E-state index is 8.57. The number of thioether (sulfide) groups is 1. The standard InChI is InChI=1S/C9H15N3S/c1-11-5-7-12(8-6-11)9(13-2)3-4-10/h3H,5-8H2,1-2H3/b9-3-. The molecule has 1 heterocycles. The summed E-state index contributed by atoms with van der Waals surface area (Å²) >= 11 is 1.65. The van der Waals surface area contributed by atoms with Crippen LogP contribution in [0.3, 0.4) is 0 Å². The van der Waals surface area contributed by atoms with Crippen LogP contribution in [0.2, 0.25) is 0 Å². The number of hydrogen-bond donors (Lipinski definition) is 0. The van der Waals surface area contributed by atoms with Gasteiger partial charge in [0, 0.05) is 32.3 Å². The van der Waals surface area contributed by atoms with Crippen LogP contribution in [0.1, 0.15) is 0 Å². The van der Waals surface area contributed by atoms with Crippen LogP contribution < -0.4 is 0 Å². The first-order valence-electron chi connectivity index (χ1n) is 4.35. The Morgan fingerprint density at radius 2 is 2.00 bits per heavy atom. The summed E-state index contributed by atoms with van der Waals surface area (Å²) in [6.45, 7) is 4.24. The van der Waals surface area contributed by atoms with Crippen molar-refractivity contribution in [3.63, 3.8) is 0 Å². The van der Waals surface area contributed by atoms with Crippen LogP contribution in [-0.4, -0.2) is 49.3 Å². The van der Waals surface area contributed by atoms with Crippen molar-refractivity contribution in [3.8, 4) is 6.07 Å². The number of hydrogen-bond acceptors (Lipinski definition) is 4. The van der Waals surface area contributed by atoms with Crippen molar-refractivity contribution >= 4 is 11.8 Å². The molecule has 1 rings (SSSR count). The Hall–Kier alpha value is -0.660. The molecule has 1 aliphatic rings. The van der Waals surface area contributed by atoms with Crippen molar-refractivity contribution in [2.45, 2.75) is 0 Å². The molecule has 3 nitrogen and oxygen atoms in total. The second kappa shape index (κ2) is 5.15. The fraction of sp³-hybridized carbons (Fsp3) is 0.667. The largest absolute Gasteiger partial charge is 0.363 e. The van der Waals surface area contributed by atoms with Crippen LogP contribution in [0.25, 0.3) is 0 Å². The molecular formula is C9H15N3S. The average molecular weight is 197 g/mol. The van der Waals surface area contributed by atoms with E-state index in [-0.39, 0.29) is 0 Å². The normalized spacial score (nSPS) is 20.1. The summed E-state index contributed by atoms with van der Waals surface area (Å²) in [4.78, 5) is 4.58. The molecule has 0 aliphatic carbocycles. The number of nitriles is 1. The molecule has 0 saturated carbocycles. The number of nitrogens with zero attached hydrogens (tertiary/aromatic N) is 3. The van der Waals surface area contributed by atoms with Crippen LogP contribution in [0.15, 0.2) is 11.1 Å². The summed E-state index contributed by atoms with van der Waals surface area (Å²) in [5.74, 6) is 0. The van der Waals surface area contributed by atoms with Gasteiger partial charge >= 0.3 is 0 Å². The predicted octanol–water partition coefficient (Wildman–Crippen LogP) is 0.962. The van der Waals surface area contributed by atoms with Gasteiger partial charge in [0.1, 0.15) is 0 Å². The van der Waals surface area contributed by atoms with Gasteiger partial charge < -0.3 is 9.80 Å². The first kappa shape index (κ1) is 10.4. The Balaban J connectivity index is 2.52. The number of allylic oxidation sites excluding steroid dienone is 1. The van der Waals surface area contributed by atoms with Crippen LogP contribution in [0.4, 0.5) is 0 Å². The number of piperazine rings is 1. The van der Waals surface area contributed by atoms with E-state index in [0.29, 0.717) is 0 Å². The van der Waals surface area contributed by atoms with Crippen LogP contribution >= 0.6 is 11.8 Å². The zero-order chi connectivity index (χ0) is 9.68. The van der Waals surface area contributed by atoms with Crippen molar-refractivity contribution in [1.29, 1.82) is 5.26 Å². The van der Waals surface area contributed by atoms with E-state index < -0.39 is 0 Å². The van der Waals surface area contributed by atoms with Crippen molar-refractivity contribution in [1.82, 2.24) is 9.80 Å². The SMILES string of the molecule is CS/C(=C\C#N)N1CCN(C)CC1. The zero-order valence-electron chi connectivity index (χ0n) is 8.16. The quantitative estimate of drug-likeness (QED) is 0.617. The van der Waals surface area contributed by atoms with Crippen LogP contribution in [0.5, 0.6) is 0 Å². The Morgan fingerprint density at radius 3 is 2.46 bits per heavy atom. The molecule has 0 aromatic carbocycles. The average Bonchev–Trinajstić information content (AvgIpc) is 2.16. The molecule has 13 heavy (non-hydrogen) atoms. The third-order valence-electron chi connectivity index (χ3n) is 2.21. The van der Waals surface area contributed by atoms with Gasteiger partial charge in [-0.1, -0.05) is 0 Å². The van der Waals surface area contributed by atoms with E-state index in [1.54, 1.807) is 17.8 Å². The molecule has 0 atom stereocenters. The number of rotatable bonds is 2. The first-order valence-corrected chi connectivity index (χ1v) is 5.57. The minimum atomic E-state index is 1.03. The van der Waals surface area contributed by atoms with Gasteiger partial charge in [-0.15, -0.1) is 11.8 Å². The van der Waals surface area contributed by atoms with Gasteiger partial charge in [0.2, 0.25) is 0 Å². The van der Waals surface area contributed by atoms with E-state index in [1.807, 2.05) is 6.26 Å². The minimum Gasteiger partial charge on any atom is -0.363 e. The van der Waals surface area contributed by atoms with Crippen molar-refractivity contribution in [3.05, 3.63) is 11.1 Å². The molecule has 0 amide bonds. The van der Waals surface area contributed by atoms with Crippen molar-refractivity contribution < 1.29 is 0 Å². The first-order chi connectivity index (χ1) is 6.27. The van der Waals surface area contributed by atoms with Crippen LogP contribution in [-0.2, 0) is 0 Å². The van der Waals surface area contributed by atoms with Gasteiger partial charge in [-0.05, 0) is 13.3 Å². The third-order valence-corrected chi connectivity index (χ3v) is 3.01. The summed E-state index contributed by atoms with van der Waals surface area (Å²) in [5.41, 5.74) is 0. The minimum absolute atomic E-state index is 1.03. The highest BCUT2D eigenvalue weighted by atomic mass is 32.2. The Bertz CT molecular complexity index is 224. The Morgan fingerprint density at radius 1 is 1.38 bits per heavy atom. The molecule has 1 fully saturated rings. The molecule has 0 unspecified atom stereocenters. The monoisotopic (exact) mass is 197 g/mol. The van der Waals surface area contributed by atoms with Gasteiger partial charge in [-0.25, -0.2) is 0 Å². The maximum atomic E-state index is 8.57. The fourth-order valence-electron chi connectivity index (χ4n) is 1.36.